The van der Waals surface area contributed by atoms with Crippen LogP contribution in [0.5, 0.6) is 0 Å². The van der Waals surface area contributed by atoms with Crippen LogP contribution in [0.2, 0.25) is 0 Å². The largest absolute Gasteiger partial charge is 0.402 e. The first kappa shape index (κ1) is 17.9. The first-order valence-electron chi connectivity index (χ1n) is 6.50. The van der Waals surface area contributed by atoms with E-state index >= 15 is 0 Å². The van der Waals surface area contributed by atoms with Crippen LogP contribution < -0.4 is 5.32 Å². The summed E-state index contributed by atoms with van der Waals surface area (Å²) in [6.45, 7) is 1.45. The fourth-order valence-corrected chi connectivity index (χ4v) is 3.18. The topological polar surface area (TPSA) is 49.4 Å². The molecule has 0 amide bonds. The van der Waals surface area contributed by atoms with Gasteiger partial charge in [0.05, 0.1) is 4.90 Å². The van der Waals surface area contributed by atoms with Crippen LogP contribution in [0, 0.1) is 0 Å². The van der Waals surface area contributed by atoms with E-state index in [1.807, 2.05) is 6.92 Å². The fraction of sp³-hybridized carbons (Fsp3) is 0.538. The average Bonchev–Trinajstić information content (AvgIpc) is 2.37. The lowest BCUT2D eigenvalue weighted by Gasteiger charge is -2.20. The van der Waals surface area contributed by atoms with Crippen LogP contribution in [0.1, 0.15) is 18.9 Å². The Morgan fingerprint density at radius 1 is 1.24 bits per heavy atom. The zero-order chi connectivity index (χ0) is 16.1. The number of rotatable bonds is 7. The summed E-state index contributed by atoms with van der Waals surface area (Å²) in [5.74, 6) is 0. The number of nitrogens with one attached hydrogen (secondary N) is 1. The van der Waals surface area contributed by atoms with E-state index in [0.29, 0.717) is 23.0 Å². The number of hydrogen-bond acceptors (Lipinski definition) is 3. The Morgan fingerprint density at radius 3 is 2.43 bits per heavy atom. The molecule has 1 rings (SSSR count). The summed E-state index contributed by atoms with van der Waals surface area (Å²) >= 11 is 0. The Kier molecular flexibility index (Phi) is 6.18. The highest BCUT2D eigenvalue weighted by atomic mass is 32.2. The molecule has 0 saturated heterocycles. The van der Waals surface area contributed by atoms with Gasteiger partial charge in [-0.15, -0.1) is 0 Å². The summed E-state index contributed by atoms with van der Waals surface area (Å²) < 4.78 is 62.0. The van der Waals surface area contributed by atoms with Gasteiger partial charge in [0.15, 0.2) is 0 Å². The number of hydrogen-bond donors (Lipinski definition) is 1. The number of benzene rings is 1. The highest BCUT2D eigenvalue weighted by Crippen LogP contribution is 2.23. The quantitative estimate of drug-likeness (QED) is 0.784. The molecular weight excluding hydrogens is 305 g/mol. The van der Waals surface area contributed by atoms with Gasteiger partial charge in [-0.05, 0) is 24.6 Å². The second-order valence-corrected chi connectivity index (χ2v) is 6.67. The predicted molar refractivity (Wildman–Crippen MR) is 74.3 cm³/mol. The lowest BCUT2D eigenvalue weighted by Crippen LogP contribution is -2.36. The van der Waals surface area contributed by atoms with Crippen LogP contribution in [0.4, 0.5) is 13.2 Å². The summed E-state index contributed by atoms with van der Waals surface area (Å²) in [5.41, 5.74) is 0.458. The van der Waals surface area contributed by atoms with Crippen molar-refractivity contribution in [3.8, 4) is 0 Å². The van der Waals surface area contributed by atoms with Crippen molar-refractivity contribution in [2.75, 3.05) is 20.1 Å². The van der Waals surface area contributed by atoms with Crippen molar-refractivity contribution in [3.05, 3.63) is 29.8 Å². The maximum atomic E-state index is 12.4. The second kappa shape index (κ2) is 7.24. The number of nitrogens with zero attached hydrogens (tertiary/aromatic N) is 1. The highest BCUT2D eigenvalue weighted by Gasteiger charge is 2.35. The molecule has 0 heterocycles. The fourth-order valence-electron chi connectivity index (χ4n) is 1.81. The van der Waals surface area contributed by atoms with Crippen molar-refractivity contribution in [1.82, 2.24) is 9.62 Å². The normalized spacial score (nSPS) is 12.9. The number of halogens is 3. The zero-order valence-electron chi connectivity index (χ0n) is 11.9. The van der Waals surface area contributed by atoms with Gasteiger partial charge in [0.1, 0.15) is 6.54 Å². The van der Waals surface area contributed by atoms with Crippen LogP contribution in [-0.4, -0.2) is 39.0 Å². The van der Waals surface area contributed by atoms with Gasteiger partial charge in [-0.3, -0.25) is 0 Å². The third-order valence-corrected chi connectivity index (χ3v) is 4.71. The van der Waals surface area contributed by atoms with Gasteiger partial charge in [0.2, 0.25) is 10.0 Å². The third-order valence-electron chi connectivity index (χ3n) is 2.81. The molecule has 0 aliphatic rings. The summed E-state index contributed by atoms with van der Waals surface area (Å²) in [5, 5.41) is 3.05. The minimum absolute atomic E-state index is 0.0969. The van der Waals surface area contributed by atoms with Crippen molar-refractivity contribution >= 4 is 10.0 Å². The minimum Gasteiger partial charge on any atom is -0.313 e. The number of alkyl halides is 3. The first-order chi connectivity index (χ1) is 9.68. The maximum absolute atomic E-state index is 12.4. The molecule has 0 atom stereocenters. The standard InChI is InChI=1S/C13H19F3N2O2S/c1-3-8-17-9-11-6-4-5-7-12(11)21(19,20)18(2)10-13(14,15)16/h4-7,17H,3,8-10H2,1-2H3. The van der Waals surface area contributed by atoms with Crippen LogP contribution >= 0.6 is 0 Å². The van der Waals surface area contributed by atoms with Gasteiger partial charge in [-0.1, -0.05) is 25.1 Å². The van der Waals surface area contributed by atoms with E-state index in [9.17, 15) is 21.6 Å². The minimum atomic E-state index is -4.57. The van der Waals surface area contributed by atoms with Crippen molar-refractivity contribution in [2.24, 2.45) is 0 Å². The molecule has 1 aromatic carbocycles. The van der Waals surface area contributed by atoms with E-state index in [1.54, 1.807) is 12.1 Å². The van der Waals surface area contributed by atoms with E-state index in [0.717, 1.165) is 13.5 Å². The summed E-state index contributed by atoms with van der Waals surface area (Å²) in [6, 6.07) is 6.07. The molecule has 120 valence electrons. The molecule has 0 spiro atoms. The Bertz CT molecular complexity index is 559. The van der Waals surface area contributed by atoms with Crippen LogP contribution in [-0.2, 0) is 16.6 Å². The SMILES string of the molecule is CCCNCc1ccccc1S(=O)(=O)N(C)CC(F)(F)F. The van der Waals surface area contributed by atoms with Crippen molar-refractivity contribution in [2.45, 2.75) is 31.0 Å². The average molecular weight is 324 g/mol. The molecule has 0 aliphatic heterocycles. The van der Waals surface area contributed by atoms with E-state index in [4.69, 9.17) is 0 Å². The van der Waals surface area contributed by atoms with Gasteiger partial charge in [0, 0.05) is 13.6 Å². The zero-order valence-corrected chi connectivity index (χ0v) is 12.8. The molecule has 0 bridgehead atoms. The Labute approximate surface area is 123 Å². The first-order valence-corrected chi connectivity index (χ1v) is 7.94. The smallest absolute Gasteiger partial charge is 0.313 e. The summed E-state index contributed by atoms with van der Waals surface area (Å²) in [6.07, 6.45) is -3.69. The predicted octanol–water partition coefficient (Wildman–Crippen LogP) is 2.37. The highest BCUT2D eigenvalue weighted by molar-refractivity contribution is 7.89. The summed E-state index contributed by atoms with van der Waals surface area (Å²) in [7, 11) is -3.24. The maximum Gasteiger partial charge on any atom is 0.402 e. The Balaban J connectivity index is 3.02. The molecule has 1 aromatic rings. The van der Waals surface area contributed by atoms with Gasteiger partial charge in [-0.2, -0.15) is 17.5 Å². The lowest BCUT2D eigenvalue weighted by atomic mass is 10.2. The van der Waals surface area contributed by atoms with Gasteiger partial charge >= 0.3 is 6.18 Å². The lowest BCUT2D eigenvalue weighted by molar-refractivity contribution is -0.134. The molecule has 4 nitrogen and oxygen atoms in total. The molecule has 8 heteroatoms. The third kappa shape index (κ3) is 5.29. The molecule has 0 aliphatic carbocycles. The van der Waals surface area contributed by atoms with Crippen LogP contribution in [0.25, 0.3) is 0 Å². The van der Waals surface area contributed by atoms with E-state index in [-0.39, 0.29) is 4.90 Å². The van der Waals surface area contributed by atoms with Crippen molar-refractivity contribution in [3.63, 3.8) is 0 Å². The van der Waals surface area contributed by atoms with Gasteiger partial charge < -0.3 is 5.32 Å². The molecule has 0 fully saturated rings. The second-order valence-electron chi connectivity index (χ2n) is 4.66. The summed E-state index contributed by atoms with van der Waals surface area (Å²) in [4.78, 5) is -0.0969. The van der Waals surface area contributed by atoms with Crippen LogP contribution in [0.15, 0.2) is 29.2 Å². The van der Waals surface area contributed by atoms with Gasteiger partial charge in [-0.25, -0.2) is 8.42 Å². The molecule has 0 unspecified atom stereocenters. The van der Waals surface area contributed by atoms with Gasteiger partial charge in [0.25, 0.3) is 0 Å². The van der Waals surface area contributed by atoms with Crippen molar-refractivity contribution in [1.29, 1.82) is 0 Å². The van der Waals surface area contributed by atoms with E-state index in [2.05, 4.69) is 5.32 Å². The monoisotopic (exact) mass is 324 g/mol. The Morgan fingerprint density at radius 2 is 1.86 bits per heavy atom. The molecule has 1 N–H and O–H groups in total. The molecule has 0 radical (unpaired) electrons. The molecule has 0 saturated carbocycles. The molecule has 0 aromatic heterocycles. The molecule has 21 heavy (non-hydrogen) atoms. The van der Waals surface area contributed by atoms with E-state index in [1.165, 1.54) is 12.1 Å². The van der Waals surface area contributed by atoms with Crippen molar-refractivity contribution < 1.29 is 21.6 Å². The molecular formula is C13H19F3N2O2S. The number of sulfonamides is 1. The van der Waals surface area contributed by atoms with E-state index < -0.39 is 22.7 Å². The van der Waals surface area contributed by atoms with Crippen LogP contribution in [0.3, 0.4) is 0 Å². The Hall–Kier alpha value is -1.12.